The number of rotatable bonds is 4. The van der Waals surface area contributed by atoms with Gasteiger partial charge in [0.2, 0.25) is 5.91 Å². The van der Waals surface area contributed by atoms with E-state index in [1.807, 2.05) is 6.07 Å². The maximum atomic E-state index is 11.1. The Morgan fingerprint density at radius 3 is 2.79 bits per heavy atom. The van der Waals surface area contributed by atoms with Crippen molar-refractivity contribution in [3.8, 4) is 5.75 Å². The first-order chi connectivity index (χ1) is 9.06. The molecule has 0 saturated heterocycles. The van der Waals surface area contributed by atoms with Gasteiger partial charge >= 0.3 is 0 Å². The van der Waals surface area contributed by atoms with Gasteiger partial charge in [-0.25, -0.2) is 0 Å². The minimum Gasteiger partial charge on any atom is -0.508 e. The SMILES string of the molecule is NC(=O)c1cccc(NCc2cc(Cl)ccc2O)c1. The molecule has 0 saturated carbocycles. The van der Waals surface area contributed by atoms with E-state index in [0.29, 0.717) is 22.7 Å². The normalized spacial score (nSPS) is 10.2. The number of hydrogen-bond acceptors (Lipinski definition) is 3. The van der Waals surface area contributed by atoms with E-state index in [2.05, 4.69) is 5.32 Å². The highest BCUT2D eigenvalue weighted by atomic mass is 35.5. The standard InChI is InChI=1S/C14H13ClN2O2/c15-11-4-5-13(18)10(6-11)8-17-12-3-1-2-9(7-12)14(16)19/h1-7,17-18H,8H2,(H2,16,19). The molecule has 0 atom stereocenters. The number of primary amides is 1. The predicted molar refractivity (Wildman–Crippen MR) is 75.4 cm³/mol. The Bertz CT molecular complexity index is 614. The second-order valence-corrected chi connectivity index (χ2v) is 4.51. The molecule has 1 amide bonds. The summed E-state index contributed by atoms with van der Waals surface area (Å²) in [5.74, 6) is -0.308. The fourth-order valence-corrected chi connectivity index (χ4v) is 1.87. The van der Waals surface area contributed by atoms with Crippen LogP contribution in [0.5, 0.6) is 5.75 Å². The molecular formula is C14H13ClN2O2. The molecule has 4 nitrogen and oxygen atoms in total. The molecule has 0 radical (unpaired) electrons. The number of aromatic hydroxyl groups is 1. The Kier molecular flexibility index (Phi) is 3.92. The van der Waals surface area contributed by atoms with Crippen molar-refractivity contribution in [3.05, 3.63) is 58.6 Å². The minimum atomic E-state index is -0.478. The Hall–Kier alpha value is -2.20. The first-order valence-corrected chi connectivity index (χ1v) is 6.05. The Labute approximate surface area is 115 Å². The quantitative estimate of drug-likeness (QED) is 0.804. The second kappa shape index (κ2) is 5.63. The van der Waals surface area contributed by atoms with E-state index < -0.39 is 5.91 Å². The molecule has 2 rings (SSSR count). The molecule has 2 aromatic rings. The van der Waals surface area contributed by atoms with Crippen LogP contribution in [-0.4, -0.2) is 11.0 Å². The third-order valence-electron chi connectivity index (χ3n) is 2.67. The lowest BCUT2D eigenvalue weighted by molar-refractivity contribution is 0.100. The molecule has 0 bridgehead atoms. The first-order valence-electron chi connectivity index (χ1n) is 5.67. The summed E-state index contributed by atoms with van der Waals surface area (Å²) in [5.41, 5.74) is 7.06. The number of amides is 1. The van der Waals surface area contributed by atoms with Crippen molar-refractivity contribution in [2.45, 2.75) is 6.54 Å². The number of phenols is 1. The molecule has 0 spiro atoms. The number of phenolic OH excluding ortho intramolecular Hbond substituents is 1. The third kappa shape index (κ3) is 3.39. The second-order valence-electron chi connectivity index (χ2n) is 4.07. The average Bonchev–Trinajstić information content (AvgIpc) is 2.40. The van der Waals surface area contributed by atoms with Crippen LogP contribution in [0.3, 0.4) is 0 Å². The van der Waals surface area contributed by atoms with Gasteiger partial charge < -0.3 is 16.2 Å². The van der Waals surface area contributed by atoms with Crippen molar-refractivity contribution < 1.29 is 9.90 Å². The fourth-order valence-electron chi connectivity index (χ4n) is 1.68. The molecule has 0 aliphatic rings. The molecule has 98 valence electrons. The number of anilines is 1. The maximum absolute atomic E-state index is 11.1. The van der Waals surface area contributed by atoms with Gasteiger partial charge in [0.15, 0.2) is 0 Å². The van der Waals surface area contributed by atoms with Crippen molar-refractivity contribution in [2.75, 3.05) is 5.32 Å². The van der Waals surface area contributed by atoms with Gasteiger partial charge in [-0.05, 0) is 36.4 Å². The number of hydrogen-bond donors (Lipinski definition) is 3. The van der Waals surface area contributed by atoms with E-state index in [-0.39, 0.29) is 5.75 Å². The molecule has 0 unspecified atom stereocenters. The smallest absolute Gasteiger partial charge is 0.248 e. The maximum Gasteiger partial charge on any atom is 0.248 e. The van der Waals surface area contributed by atoms with Crippen LogP contribution in [0.25, 0.3) is 0 Å². The van der Waals surface area contributed by atoms with Gasteiger partial charge in [-0.2, -0.15) is 0 Å². The highest BCUT2D eigenvalue weighted by molar-refractivity contribution is 6.30. The summed E-state index contributed by atoms with van der Waals surface area (Å²) in [5, 5.41) is 13.3. The number of halogens is 1. The summed E-state index contributed by atoms with van der Waals surface area (Å²) in [4.78, 5) is 11.1. The summed E-state index contributed by atoms with van der Waals surface area (Å²) in [6.07, 6.45) is 0. The summed E-state index contributed by atoms with van der Waals surface area (Å²) >= 11 is 5.87. The molecule has 19 heavy (non-hydrogen) atoms. The summed E-state index contributed by atoms with van der Waals surface area (Å²) in [6, 6.07) is 11.7. The largest absolute Gasteiger partial charge is 0.508 e. The zero-order chi connectivity index (χ0) is 13.8. The zero-order valence-electron chi connectivity index (χ0n) is 10.1. The van der Waals surface area contributed by atoms with Gasteiger partial charge in [-0.3, -0.25) is 4.79 Å². The minimum absolute atomic E-state index is 0.169. The Morgan fingerprint density at radius 1 is 1.26 bits per heavy atom. The molecule has 2 aromatic carbocycles. The number of benzene rings is 2. The lowest BCUT2D eigenvalue weighted by Gasteiger charge is -2.09. The highest BCUT2D eigenvalue weighted by Crippen LogP contribution is 2.22. The molecule has 4 N–H and O–H groups in total. The monoisotopic (exact) mass is 276 g/mol. The molecule has 5 heteroatoms. The van der Waals surface area contributed by atoms with Gasteiger partial charge in [0.25, 0.3) is 0 Å². The number of carbonyl (C=O) groups excluding carboxylic acids is 1. The number of nitrogens with two attached hydrogens (primary N) is 1. The van der Waals surface area contributed by atoms with Crippen molar-refractivity contribution in [3.63, 3.8) is 0 Å². The van der Waals surface area contributed by atoms with Gasteiger partial charge in [0.1, 0.15) is 5.75 Å². The van der Waals surface area contributed by atoms with Crippen molar-refractivity contribution in [2.24, 2.45) is 5.73 Å². The van der Waals surface area contributed by atoms with E-state index in [1.165, 1.54) is 0 Å². The molecule has 0 heterocycles. The highest BCUT2D eigenvalue weighted by Gasteiger charge is 2.04. The summed E-state index contributed by atoms with van der Waals surface area (Å²) in [6.45, 7) is 0.397. The Balaban J connectivity index is 2.12. The molecule has 0 fully saturated rings. The van der Waals surface area contributed by atoms with E-state index in [4.69, 9.17) is 17.3 Å². The van der Waals surface area contributed by atoms with Crippen LogP contribution >= 0.6 is 11.6 Å². The number of nitrogens with one attached hydrogen (secondary N) is 1. The van der Waals surface area contributed by atoms with E-state index >= 15 is 0 Å². The van der Waals surface area contributed by atoms with Crippen molar-refractivity contribution in [1.29, 1.82) is 0 Å². The zero-order valence-corrected chi connectivity index (χ0v) is 10.8. The predicted octanol–water partition coefficient (Wildman–Crippen LogP) is 2.76. The lowest BCUT2D eigenvalue weighted by atomic mass is 10.1. The fraction of sp³-hybridized carbons (Fsp3) is 0.0714. The van der Waals surface area contributed by atoms with Crippen LogP contribution in [0.2, 0.25) is 5.02 Å². The third-order valence-corrected chi connectivity index (χ3v) is 2.91. The molecule has 0 aliphatic heterocycles. The van der Waals surface area contributed by atoms with Gasteiger partial charge in [0.05, 0.1) is 0 Å². The van der Waals surface area contributed by atoms with Crippen LogP contribution in [0.1, 0.15) is 15.9 Å². The lowest BCUT2D eigenvalue weighted by Crippen LogP contribution is -2.11. The van der Waals surface area contributed by atoms with Gasteiger partial charge in [-0.1, -0.05) is 17.7 Å². The molecular weight excluding hydrogens is 264 g/mol. The number of carbonyl (C=O) groups is 1. The van der Waals surface area contributed by atoms with Crippen molar-refractivity contribution in [1.82, 2.24) is 0 Å². The average molecular weight is 277 g/mol. The van der Waals surface area contributed by atoms with Crippen LogP contribution in [-0.2, 0) is 6.54 Å². The first kappa shape index (κ1) is 13.2. The van der Waals surface area contributed by atoms with E-state index in [0.717, 1.165) is 5.69 Å². The topological polar surface area (TPSA) is 75.4 Å². The summed E-state index contributed by atoms with van der Waals surface area (Å²) < 4.78 is 0. The Morgan fingerprint density at radius 2 is 2.05 bits per heavy atom. The van der Waals surface area contributed by atoms with Crippen LogP contribution < -0.4 is 11.1 Å². The van der Waals surface area contributed by atoms with Crippen LogP contribution in [0.15, 0.2) is 42.5 Å². The van der Waals surface area contributed by atoms with Gasteiger partial charge in [0, 0.05) is 28.4 Å². The summed E-state index contributed by atoms with van der Waals surface area (Å²) in [7, 11) is 0. The van der Waals surface area contributed by atoms with Gasteiger partial charge in [-0.15, -0.1) is 0 Å². The molecule has 0 aromatic heterocycles. The van der Waals surface area contributed by atoms with E-state index in [9.17, 15) is 9.90 Å². The molecule has 0 aliphatic carbocycles. The van der Waals surface area contributed by atoms with E-state index in [1.54, 1.807) is 36.4 Å². The van der Waals surface area contributed by atoms with Crippen LogP contribution in [0, 0.1) is 0 Å². The van der Waals surface area contributed by atoms with Crippen molar-refractivity contribution >= 4 is 23.2 Å². The van der Waals surface area contributed by atoms with Crippen LogP contribution in [0.4, 0.5) is 5.69 Å².